The standard InChI is InChI=1S/C25H23N3O5/c1-15(27-25(29)30)17-7-9-21-22(11-17)33-24(28-21)18-8-10-23(26-13-18)32-20-4-2-3-19(12-20)31-14-16-5-6-16/h2-4,7-13,15-16,27H,5-6,14H2,1H3,(H,29,30)/t15-/m1/s1. The Kier molecular flexibility index (Phi) is 5.56. The summed E-state index contributed by atoms with van der Waals surface area (Å²) in [6.45, 7) is 2.52. The maximum atomic E-state index is 10.9. The fourth-order valence-corrected chi connectivity index (χ4v) is 3.42. The van der Waals surface area contributed by atoms with Crippen molar-refractivity contribution in [2.45, 2.75) is 25.8 Å². The van der Waals surface area contributed by atoms with Gasteiger partial charge in [0.1, 0.15) is 17.0 Å². The molecule has 5 rings (SSSR count). The van der Waals surface area contributed by atoms with E-state index < -0.39 is 6.09 Å². The highest BCUT2D eigenvalue weighted by atomic mass is 16.5. The van der Waals surface area contributed by atoms with E-state index in [9.17, 15) is 4.79 Å². The number of amides is 1. The lowest BCUT2D eigenvalue weighted by Crippen LogP contribution is -2.24. The van der Waals surface area contributed by atoms with Gasteiger partial charge >= 0.3 is 6.09 Å². The summed E-state index contributed by atoms with van der Waals surface area (Å²) in [6.07, 6.45) is 3.05. The molecule has 2 N–H and O–H groups in total. The van der Waals surface area contributed by atoms with Crippen molar-refractivity contribution in [3.63, 3.8) is 0 Å². The molecule has 1 fully saturated rings. The van der Waals surface area contributed by atoms with E-state index in [0.29, 0.717) is 40.1 Å². The van der Waals surface area contributed by atoms with Gasteiger partial charge in [-0.2, -0.15) is 0 Å². The third-order valence-electron chi connectivity index (χ3n) is 5.45. The third kappa shape index (κ3) is 5.06. The van der Waals surface area contributed by atoms with E-state index in [0.717, 1.165) is 17.9 Å². The molecular formula is C25H23N3O5. The number of nitrogens with one attached hydrogen (secondary N) is 1. The van der Waals surface area contributed by atoms with Gasteiger partial charge in [-0.05, 0) is 61.6 Å². The van der Waals surface area contributed by atoms with Crippen molar-refractivity contribution in [1.82, 2.24) is 15.3 Å². The number of aromatic nitrogens is 2. The Morgan fingerprint density at radius 2 is 2.03 bits per heavy atom. The Balaban J connectivity index is 1.29. The molecule has 0 aliphatic heterocycles. The molecule has 2 aromatic carbocycles. The molecule has 1 amide bonds. The Morgan fingerprint density at radius 3 is 2.79 bits per heavy atom. The summed E-state index contributed by atoms with van der Waals surface area (Å²) < 4.78 is 17.6. The van der Waals surface area contributed by atoms with Gasteiger partial charge in [-0.3, -0.25) is 0 Å². The van der Waals surface area contributed by atoms with Crippen molar-refractivity contribution >= 4 is 17.2 Å². The molecule has 1 atom stereocenters. The summed E-state index contributed by atoms with van der Waals surface area (Å²) in [7, 11) is 0. The Hall–Kier alpha value is -4.07. The van der Waals surface area contributed by atoms with Crippen molar-refractivity contribution in [2.75, 3.05) is 6.61 Å². The van der Waals surface area contributed by atoms with E-state index in [1.54, 1.807) is 31.3 Å². The molecule has 1 saturated carbocycles. The molecule has 2 aromatic heterocycles. The van der Waals surface area contributed by atoms with Crippen LogP contribution in [0.3, 0.4) is 0 Å². The highest BCUT2D eigenvalue weighted by Gasteiger charge is 2.22. The first-order chi connectivity index (χ1) is 16.0. The van der Waals surface area contributed by atoms with E-state index >= 15 is 0 Å². The van der Waals surface area contributed by atoms with Crippen LogP contribution in [-0.4, -0.2) is 27.8 Å². The van der Waals surface area contributed by atoms with Gasteiger partial charge in [0.05, 0.1) is 18.2 Å². The number of rotatable bonds is 8. The Labute approximate surface area is 190 Å². The predicted molar refractivity (Wildman–Crippen MR) is 122 cm³/mol. The van der Waals surface area contributed by atoms with Crippen LogP contribution >= 0.6 is 0 Å². The molecule has 33 heavy (non-hydrogen) atoms. The van der Waals surface area contributed by atoms with Crippen molar-refractivity contribution in [3.8, 4) is 28.8 Å². The molecule has 0 radical (unpaired) electrons. The van der Waals surface area contributed by atoms with Crippen LogP contribution in [0.5, 0.6) is 17.4 Å². The van der Waals surface area contributed by atoms with Crippen LogP contribution in [0.2, 0.25) is 0 Å². The minimum atomic E-state index is -1.08. The molecule has 0 unspecified atom stereocenters. The zero-order valence-electron chi connectivity index (χ0n) is 18.0. The second-order valence-corrected chi connectivity index (χ2v) is 8.13. The summed E-state index contributed by atoms with van der Waals surface area (Å²) >= 11 is 0. The number of oxazole rings is 1. The number of hydrogen-bond donors (Lipinski definition) is 2. The second kappa shape index (κ2) is 8.82. The van der Waals surface area contributed by atoms with Gasteiger partial charge in [-0.25, -0.2) is 14.8 Å². The minimum Gasteiger partial charge on any atom is -0.493 e. The summed E-state index contributed by atoms with van der Waals surface area (Å²) in [5, 5.41) is 11.3. The summed E-state index contributed by atoms with van der Waals surface area (Å²) in [4.78, 5) is 19.8. The molecule has 8 nitrogen and oxygen atoms in total. The molecule has 0 spiro atoms. The lowest BCUT2D eigenvalue weighted by Gasteiger charge is -2.10. The van der Waals surface area contributed by atoms with Crippen LogP contribution < -0.4 is 14.8 Å². The van der Waals surface area contributed by atoms with Crippen molar-refractivity contribution in [3.05, 3.63) is 66.4 Å². The second-order valence-electron chi connectivity index (χ2n) is 8.13. The summed E-state index contributed by atoms with van der Waals surface area (Å²) in [5.74, 6) is 3.00. The molecule has 8 heteroatoms. The molecule has 4 aromatic rings. The number of fused-ring (bicyclic) bond motifs is 1. The smallest absolute Gasteiger partial charge is 0.405 e. The summed E-state index contributed by atoms with van der Waals surface area (Å²) in [6, 6.07) is 16.2. The predicted octanol–water partition coefficient (Wildman–Crippen LogP) is 5.80. The number of nitrogens with zero attached hydrogens (tertiary/aromatic N) is 2. The zero-order chi connectivity index (χ0) is 22.8. The average molecular weight is 445 g/mol. The number of pyridine rings is 1. The van der Waals surface area contributed by atoms with Crippen LogP contribution in [0.25, 0.3) is 22.6 Å². The van der Waals surface area contributed by atoms with Gasteiger partial charge in [0.2, 0.25) is 11.8 Å². The quantitative estimate of drug-likeness (QED) is 0.353. The van der Waals surface area contributed by atoms with Crippen molar-refractivity contribution < 1.29 is 23.8 Å². The van der Waals surface area contributed by atoms with Crippen molar-refractivity contribution in [1.29, 1.82) is 0 Å². The van der Waals surface area contributed by atoms with Crippen molar-refractivity contribution in [2.24, 2.45) is 5.92 Å². The molecule has 1 aliphatic carbocycles. The maximum Gasteiger partial charge on any atom is 0.405 e. The largest absolute Gasteiger partial charge is 0.493 e. The number of hydrogen-bond acceptors (Lipinski definition) is 6. The Bertz CT molecular complexity index is 1280. The molecule has 2 heterocycles. The van der Waals surface area contributed by atoms with E-state index in [1.165, 1.54) is 12.8 Å². The third-order valence-corrected chi connectivity index (χ3v) is 5.45. The highest BCUT2D eigenvalue weighted by Crippen LogP contribution is 2.31. The lowest BCUT2D eigenvalue weighted by atomic mass is 10.1. The van der Waals surface area contributed by atoms with E-state index in [4.69, 9.17) is 19.0 Å². The van der Waals surface area contributed by atoms with Gasteiger partial charge < -0.3 is 24.3 Å². The zero-order valence-corrected chi connectivity index (χ0v) is 18.0. The van der Waals surface area contributed by atoms with Gasteiger partial charge in [0.25, 0.3) is 0 Å². The van der Waals surface area contributed by atoms with Gasteiger partial charge in [0, 0.05) is 18.3 Å². The molecule has 0 saturated heterocycles. The SMILES string of the molecule is C[C@@H](NC(=O)O)c1ccc2nc(-c3ccc(Oc4cccc(OCC5CC5)c4)nc3)oc2c1. The van der Waals surface area contributed by atoms with Crippen LogP contribution in [0.4, 0.5) is 4.79 Å². The molecule has 0 bridgehead atoms. The fraction of sp³-hybridized carbons (Fsp3) is 0.240. The average Bonchev–Trinajstić information content (AvgIpc) is 3.54. The first-order valence-corrected chi connectivity index (χ1v) is 10.8. The van der Waals surface area contributed by atoms with Crippen LogP contribution in [0, 0.1) is 5.92 Å². The molecule has 168 valence electrons. The number of ether oxygens (including phenoxy) is 2. The van der Waals surface area contributed by atoms with Gasteiger partial charge in [-0.1, -0.05) is 12.1 Å². The topological polar surface area (TPSA) is 107 Å². The number of benzene rings is 2. The van der Waals surface area contributed by atoms with Gasteiger partial charge in [-0.15, -0.1) is 0 Å². The fourth-order valence-electron chi connectivity index (χ4n) is 3.42. The molecule has 1 aliphatic rings. The first-order valence-electron chi connectivity index (χ1n) is 10.8. The van der Waals surface area contributed by atoms with Gasteiger partial charge in [0.15, 0.2) is 5.58 Å². The highest BCUT2D eigenvalue weighted by molar-refractivity contribution is 5.77. The monoisotopic (exact) mass is 445 g/mol. The first kappa shape index (κ1) is 20.8. The van der Waals surface area contributed by atoms with Crippen LogP contribution in [0.1, 0.15) is 31.4 Å². The van der Waals surface area contributed by atoms with Crippen LogP contribution in [-0.2, 0) is 0 Å². The normalized spacial score (nSPS) is 14.1. The molecular weight excluding hydrogens is 422 g/mol. The maximum absolute atomic E-state index is 10.9. The van der Waals surface area contributed by atoms with Crippen LogP contribution in [0.15, 0.2) is 65.2 Å². The Morgan fingerprint density at radius 1 is 1.18 bits per heavy atom. The van der Waals surface area contributed by atoms with E-state index in [-0.39, 0.29) is 6.04 Å². The summed E-state index contributed by atoms with van der Waals surface area (Å²) in [5.41, 5.74) is 2.75. The number of carboxylic acid groups (broad SMARTS) is 1. The lowest BCUT2D eigenvalue weighted by molar-refractivity contribution is 0.191. The van der Waals surface area contributed by atoms with E-state index in [2.05, 4.69) is 15.3 Å². The minimum absolute atomic E-state index is 0.365. The number of carbonyl (C=O) groups is 1. The van der Waals surface area contributed by atoms with E-state index in [1.807, 2.05) is 36.4 Å².